The molecular formula is C27H28N2O4. The number of nitriles is 1. The van der Waals surface area contributed by atoms with E-state index in [4.69, 9.17) is 4.74 Å². The lowest BCUT2D eigenvalue weighted by atomic mass is 9.90. The molecule has 170 valence electrons. The quantitative estimate of drug-likeness (QED) is 0.623. The van der Waals surface area contributed by atoms with E-state index in [1.807, 2.05) is 74.2 Å². The highest BCUT2D eigenvalue weighted by Gasteiger charge is 2.37. The van der Waals surface area contributed by atoms with E-state index in [1.54, 1.807) is 12.1 Å². The summed E-state index contributed by atoms with van der Waals surface area (Å²) in [5.74, 6) is -2.14. The maximum absolute atomic E-state index is 13.3. The Bertz CT molecular complexity index is 1090. The molecule has 0 spiro atoms. The number of aromatic carboxylic acids is 1. The molecule has 1 aliphatic rings. The highest BCUT2D eigenvalue weighted by Crippen LogP contribution is 2.30. The zero-order valence-corrected chi connectivity index (χ0v) is 19.1. The maximum atomic E-state index is 13.3. The van der Waals surface area contributed by atoms with Crippen molar-refractivity contribution < 1.29 is 19.4 Å². The number of carboxylic acids is 1. The standard InChI is InChI=1S/C27H28N2O4/c1-27(2,3)33-26(32)22(17-19-9-5-4-6-10-19)24(18-28)29-16-8-7-11-23(29)20-12-14-21(15-13-20)25(30)31/h4-15,22,24H,16-17H2,1-3H3,(H,30,31)/t22-,24-/m0/s1. The van der Waals surface area contributed by atoms with Gasteiger partial charge in [-0.05, 0) is 56.5 Å². The summed E-state index contributed by atoms with van der Waals surface area (Å²) in [6.45, 7) is 5.87. The van der Waals surface area contributed by atoms with Crippen LogP contribution in [0.5, 0.6) is 0 Å². The van der Waals surface area contributed by atoms with Crippen LogP contribution in [-0.2, 0) is 16.0 Å². The number of carboxylic acid groups (broad SMARTS) is 1. The average molecular weight is 445 g/mol. The SMILES string of the molecule is CC(C)(C)OC(=O)[C@@H](Cc1ccccc1)[C@H](C#N)N1CC=CC=C1c1ccc(C(=O)O)cc1. The molecule has 0 saturated heterocycles. The first-order valence-electron chi connectivity index (χ1n) is 10.8. The van der Waals surface area contributed by atoms with Crippen LogP contribution in [0, 0.1) is 17.2 Å². The smallest absolute Gasteiger partial charge is 0.335 e. The Balaban J connectivity index is 1.97. The van der Waals surface area contributed by atoms with Crippen LogP contribution < -0.4 is 0 Å². The number of carbonyl (C=O) groups is 2. The zero-order valence-electron chi connectivity index (χ0n) is 19.1. The lowest BCUT2D eigenvalue weighted by molar-refractivity contribution is -0.161. The third-order valence-electron chi connectivity index (χ3n) is 5.29. The summed E-state index contributed by atoms with van der Waals surface area (Å²) in [5, 5.41) is 19.4. The molecule has 6 heteroatoms. The lowest BCUT2D eigenvalue weighted by Gasteiger charge is -2.37. The number of rotatable bonds is 7. The Kier molecular flexibility index (Phi) is 7.34. The molecule has 33 heavy (non-hydrogen) atoms. The second-order valence-corrected chi connectivity index (χ2v) is 8.92. The van der Waals surface area contributed by atoms with Gasteiger partial charge in [0.25, 0.3) is 0 Å². The van der Waals surface area contributed by atoms with Crippen LogP contribution in [0.2, 0.25) is 0 Å². The minimum atomic E-state index is -1.00. The molecule has 2 aromatic carbocycles. The Labute approximate surface area is 194 Å². The van der Waals surface area contributed by atoms with Gasteiger partial charge in [-0.25, -0.2) is 4.79 Å². The van der Waals surface area contributed by atoms with Crippen LogP contribution in [0.1, 0.15) is 42.3 Å². The molecule has 0 amide bonds. The molecule has 6 nitrogen and oxygen atoms in total. The molecule has 1 N–H and O–H groups in total. The van der Waals surface area contributed by atoms with Crippen LogP contribution >= 0.6 is 0 Å². The molecule has 2 aromatic rings. The van der Waals surface area contributed by atoms with E-state index in [1.165, 1.54) is 12.1 Å². The first-order chi connectivity index (χ1) is 15.7. The third kappa shape index (κ3) is 6.11. The van der Waals surface area contributed by atoms with Crippen molar-refractivity contribution in [2.24, 2.45) is 5.92 Å². The van der Waals surface area contributed by atoms with E-state index >= 15 is 0 Å². The van der Waals surface area contributed by atoms with Crippen molar-refractivity contribution in [3.05, 3.63) is 89.5 Å². The zero-order chi connectivity index (χ0) is 24.0. The first-order valence-corrected chi connectivity index (χ1v) is 10.8. The summed E-state index contributed by atoms with van der Waals surface area (Å²) >= 11 is 0. The molecule has 0 bridgehead atoms. The van der Waals surface area contributed by atoms with Gasteiger partial charge in [0, 0.05) is 12.2 Å². The van der Waals surface area contributed by atoms with Crippen molar-refractivity contribution in [1.29, 1.82) is 5.26 Å². The van der Waals surface area contributed by atoms with E-state index in [9.17, 15) is 20.0 Å². The highest BCUT2D eigenvalue weighted by molar-refractivity contribution is 5.88. The van der Waals surface area contributed by atoms with E-state index < -0.39 is 29.5 Å². The third-order valence-corrected chi connectivity index (χ3v) is 5.29. The van der Waals surface area contributed by atoms with Gasteiger partial charge in [0.2, 0.25) is 0 Å². The molecule has 0 radical (unpaired) electrons. The number of hydrogen-bond acceptors (Lipinski definition) is 5. The number of hydrogen-bond donors (Lipinski definition) is 1. The maximum Gasteiger partial charge on any atom is 0.335 e. The molecule has 1 heterocycles. The van der Waals surface area contributed by atoms with Gasteiger partial charge >= 0.3 is 11.9 Å². The van der Waals surface area contributed by atoms with Crippen LogP contribution in [0.15, 0.2) is 72.8 Å². The number of ether oxygens (including phenoxy) is 1. The molecule has 0 aromatic heterocycles. The second kappa shape index (κ2) is 10.2. The highest BCUT2D eigenvalue weighted by atomic mass is 16.6. The predicted octanol–water partition coefficient (Wildman–Crippen LogP) is 4.69. The normalized spacial score (nSPS) is 15.2. The van der Waals surface area contributed by atoms with E-state index in [0.717, 1.165) is 16.8 Å². The minimum absolute atomic E-state index is 0.185. The van der Waals surface area contributed by atoms with Crippen molar-refractivity contribution in [3.8, 4) is 6.07 Å². The Morgan fingerprint density at radius 2 is 1.79 bits per heavy atom. The van der Waals surface area contributed by atoms with Crippen LogP contribution in [0.4, 0.5) is 0 Å². The fourth-order valence-electron chi connectivity index (χ4n) is 3.78. The van der Waals surface area contributed by atoms with Crippen molar-refractivity contribution >= 4 is 17.6 Å². The summed E-state index contributed by atoms with van der Waals surface area (Å²) in [4.78, 5) is 26.4. The fourth-order valence-corrected chi connectivity index (χ4v) is 3.78. The van der Waals surface area contributed by atoms with E-state index in [0.29, 0.717) is 13.0 Å². The topological polar surface area (TPSA) is 90.6 Å². The van der Waals surface area contributed by atoms with E-state index in [-0.39, 0.29) is 5.56 Å². The van der Waals surface area contributed by atoms with Gasteiger partial charge in [0.05, 0.1) is 17.6 Å². The van der Waals surface area contributed by atoms with Gasteiger partial charge in [-0.2, -0.15) is 5.26 Å². The van der Waals surface area contributed by atoms with Gasteiger partial charge in [-0.3, -0.25) is 4.79 Å². The minimum Gasteiger partial charge on any atom is -0.478 e. The number of benzene rings is 2. The monoisotopic (exact) mass is 444 g/mol. The van der Waals surface area contributed by atoms with Crippen molar-refractivity contribution in [1.82, 2.24) is 4.90 Å². The molecule has 2 atom stereocenters. The first kappa shape index (κ1) is 23.8. The summed E-state index contributed by atoms with van der Waals surface area (Å²) in [6.07, 6.45) is 6.05. The van der Waals surface area contributed by atoms with Crippen molar-refractivity contribution in [3.63, 3.8) is 0 Å². The Morgan fingerprint density at radius 1 is 1.12 bits per heavy atom. The predicted molar refractivity (Wildman–Crippen MR) is 126 cm³/mol. The van der Waals surface area contributed by atoms with E-state index in [2.05, 4.69) is 6.07 Å². The molecule has 3 rings (SSSR count). The van der Waals surface area contributed by atoms with Gasteiger partial charge in [0.1, 0.15) is 11.6 Å². The lowest BCUT2D eigenvalue weighted by Crippen LogP contribution is -2.45. The van der Waals surface area contributed by atoms with Crippen LogP contribution in [0.25, 0.3) is 5.70 Å². The van der Waals surface area contributed by atoms with Crippen molar-refractivity contribution in [2.75, 3.05) is 6.54 Å². The summed E-state index contributed by atoms with van der Waals surface area (Å²) in [6, 6.07) is 17.6. The molecule has 0 aliphatic carbocycles. The second-order valence-electron chi connectivity index (χ2n) is 8.92. The largest absolute Gasteiger partial charge is 0.478 e. The average Bonchev–Trinajstić information content (AvgIpc) is 2.79. The van der Waals surface area contributed by atoms with Gasteiger partial charge in [-0.1, -0.05) is 54.6 Å². The molecule has 0 fully saturated rings. The number of esters is 1. The molecular weight excluding hydrogens is 416 g/mol. The summed E-state index contributed by atoms with van der Waals surface area (Å²) in [5.41, 5.74) is 1.97. The summed E-state index contributed by atoms with van der Waals surface area (Å²) < 4.78 is 5.71. The Hall–Kier alpha value is -3.85. The molecule has 0 unspecified atom stereocenters. The number of nitrogens with zero attached hydrogens (tertiary/aromatic N) is 2. The van der Waals surface area contributed by atoms with Gasteiger partial charge < -0.3 is 14.7 Å². The van der Waals surface area contributed by atoms with Gasteiger partial charge in [0.15, 0.2) is 0 Å². The van der Waals surface area contributed by atoms with Crippen LogP contribution in [-0.4, -0.2) is 40.1 Å². The Morgan fingerprint density at radius 3 is 2.36 bits per heavy atom. The fraction of sp³-hybridized carbons (Fsp3) is 0.296. The molecule has 1 aliphatic heterocycles. The number of allylic oxidation sites excluding steroid dienone is 2. The van der Waals surface area contributed by atoms with Crippen LogP contribution in [0.3, 0.4) is 0 Å². The summed E-state index contributed by atoms with van der Waals surface area (Å²) in [7, 11) is 0. The number of carbonyl (C=O) groups excluding carboxylic acids is 1. The van der Waals surface area contributed by atoms with Gasteiger partial charge in [-0.15, -0.1) is 0 Å². The molecule has 0 saturated carbocycles. The van der Waals surface area contributed by atoms with Crippen molar-refractivity contribution in [2.45, 2.75) is 38.8 Å².